The average Bonchev–Trinajstić information content (AvgIpc) is 3.18. The third kappa shape index (κ3) is 4.16. The largest absolute Gasteiger partial charge is 0.378 e. The first-order chi connectivity index (χ1) is 15.7. The van der Waals surface area contributed by atoms with Crippen molar-refractivity contribution in [3.8, 4) is 0 Å². The highest BCUT2D eigenvalue weighted by molar-refractivity contribution is 6.03. The second kappa shape index (κ2) is 8.61. The number of nitrogens with zero attached hydrogens (tertiary/aromatic N) is 3. The van der Waals surface area contributed by atoms with Crippen LogP contribution in [0, 0.1) is 0 Å². The van der Waals surface area contributed by atoms with E-state index in [4.69, 9.17) is 0 Å². The van der Waals surface area contributed by atoms with Gasteiger partial charge in [-0.3, -0.25) is 14.4 Å². The Bertz CT molecular complexity index is 1210. The number of fused-ring (bicyclic) bond motifs is 3. The first kappa shape index (κ1) is 22.4. The standard InChI is InChI=1S/C25H29N5O3/c1-25(16-30-20-8-6-5-7-18(20)13-21(30)23(32)29(25)4)24(33)27-15-22(31)26-14-17-9-11-19(12-10-17)28(2)3/h5-13H,14-16H2,1-4H3,(H,26,31)(H,27,33)/t25-/m1/s1. The molecule has 0 saturated carbocycles. The van der Waals surface area contributed by atoms with Crippen LogP contribution in [0.5, 0.6) is 0 Å². The van der Waals surface area contributed by atoms with Gasteiger partial charge in [0.2, 0.25) is 11.8 Å². The van der Waals surface area contributed by atoms with E-state index < -0.39 is 5.54 Å². The fourth-order valence-corrected chi connectivity index (χ4v) is 4.12. The molecule has 0 spiro atoms. The second-order valence-electron chi connectivity index (χ2n) is 8.83. The van der Waals surface area contributed by atoms with E-state index in [1.807, 2.05) is 78.2 Å². The highest BCUT2D eigenvalue weighted by Crippen LogP contribution is 2.31. The topological polar surface area (TPSA) is 86.7 Å². The van der Waals surface area contributed by atoms with Crippen LogP contribution in [0.1, 0.15) is 23.0 Å². The quantitative estimate of drug-likeness (QED) is 0.605. The van der Waals surface area contributed by atoms with Crippen molar-refractivity contribution in [2.75, 3.05) is 32.6 Å². The van der Waals surface area contributed by atoms with Crippen molar-refractivity contribution in [3.63, 3.8) is 0 Å². The molecule has 0 unspecified atom stereocenters. The van der Waals surface area contributed by atoms with E-state index in [-0.39, 0.29) is 24.3 Å². The lowest BCUT2D eigenvalue weighted by atomic mass is 9.95. The first-order valence-corrected chi connectivity index (χ1v) is 10.9. The molecule has 2 aromatic carbocycles. The summed E-state index contributed by atoms with van der Waals surface area (Å²) in [5.74, 6) is -0.881. The third-order valence-corrected chi connectivity index (χ3v) is 6.38. The number of amides is 3. The molecule has 1 atom stereocenters. The maximum Gasteiger partial charge on any atom is 0.271 e. The van der Waals surface area contributed by atoms with E-state index in [1.165, 1.54) is 4.90 Å². The lowest BCUT2D eigenvalue weighted by molar-refractivity contribution is -0.134. The van der Waals surface area contributed by atoms with Crippen LogP contribution in [0.2, 0.25) is 0 Å². The molecule has 33 heavy (non-hydrogen) atoms. The summed E-state index contributed by atoms with van der Waals surface area (Å²) in [6.45, 7) is 2.24. The van der Waals surface area contributed by atoms with Gasteiger partial charge in [-0.25, -0.2) is 0 Å². The Kier molecular flexibility index (Phi) is 5.84. The predicted octanol–water partition coefficient (Wildman–Crippen LogP) is 1.98. The average molecular weight is 448 g/mol. The molecule has 0 aliphatic carbocycles. The van der Waals surface area contributed by atoms with E-state index >= 15 is 0 Å². The Morgan fingerprint density at radius 1 is 1.06 bits per heavy atom. The number of nitrogens with one attached hydrogen (secondary N) is 2. The summed E-state index contributed by atoms with van der Waals surface area (Å²) < 4.78 is 1.88. The van der Waals surface area contributed by atoms with Crippen LogP contribution in [0.15, 0.2) is 54.6 Å². The molecule has 8 heteroatoms. The predicted molar refractivity (Wildman–Crippen MR) is 128 cm³/mol. The van der Waals surface area contributed by atoms with Crippen LogP contribution < -0.4 is 15.5 Å². The molecule has 0 saturated heterocycles. The fraction of sp³-hybridized carbons (Fsp3) is 0.320. The van der Waals surface area contributed by atoms with Gasteiger partial charge in [0.25, 0.3) is 5.91 Å². The van der Waals surface area contributed by atoms with Crippen molar-refractivity contribution in [3.05, 3.63) is 65.9 Å². The Balaban J connectivity index is 1.39. The van der Waals surface area contributed by atoms with E-state index in [0.717, 1.165) is 22.2 Å². The van der Waals surface area contributed by atoms with E-state index in [0.29, 0.717) is 18.8 Å². The van der Waals surface area contributed by atoms with Gasteiger partial charge < -0.3 is 25.0 Å². The molecule has 172 valence electrons. The zero-order chi connectivity index (χ0) is 23.8. The Labute approximate surface area is 193 Å². The molecule has 0 fully saturated rings. The summed E-state index contributed by atoms with van der Waals surface area (Å²) in [6, 6.07) is 17.5. The van der Waals surface area contributed by atoms with Crippen LogP contribution >= 0.6 is 0 Å². The summed E-state index contributed by atoms with van der Waals surface area (Å²) in [7, 11) is 5.56. The molecule has 4 rings (SSSR count). The maximum atomic E-state index is 13.1. The molecule has 3 amide bonds. The Morgan fingerprint density at radius 2 is 1.76 bits per heavy atom. The third-order valence-electron chi connectivity index (χ3n) is 6.38. The zero-order valence-corrected chi connectivity index (χ0v) is 19.4. The number of aromatic nitrogens is 1. The molecule has 2 heterocycles. The molecule has 8 nitrogen and oxygen atoms in total. The molecule has 2 N–H and O–H groups in total. The first-order valence-electron chi connectivity index (χ1n) is 10.9. The van der Waals surface area contributed by atoms with Gasteiger partial charge in [0.05, 0.1) is 13.1 Å². The van der Waals surface area contributed by atoms with Crippen molar-refractivity contribution in [1.29, 1.82) is 0 Å². The number of carbonyl (C=O) groups excluding carboxylic acids is 3. The summed E-state index contributed by atoms with van der Waals surface area (Å²) in [4.78, 5) is 41.9. The van der Waals surface area contributed by atoms with E-state index in [1.54, 1.807) is 14.0 Å². The van der Waals surface area contributed by atoms with Gasteiger partial charge >= 0.3 is 0 Å². The lowest BCUT2D eigenvalue weighted by Gasteiger charge is -2.41. The summed E-state index contributed by atoms with van der Waals surface area (Å²) >= 11 is 0. The lowest BCUT2D eigenvalue weighted by Crippen LogP contribution is -2.63. The van der Waals surface area contributed by atoms with Gasteiger partial charge in [-0.05, 0) is 36.8 Å². The minimum atomic E-state index is -1.12. The number of rotatable bonds is 6. The molecule has 0 radical (unpaired) electrons. The minimum Gasteiger partial charge on any atom is -0.378 e. The highest BCUT2D eigenvalue weighted by Gasteiger charge is 2.45. The van der Waals surface area contributed by atoms with Crippen LogP contribution in [0.3, 0.4) is 0 Å². The summed E-state index contributed by atoms with van der Waals surface area (Å²) in [6.07, 6.45) is 0. The SMILES string of the molecule is CN(C)c1ccc(CNC(=O)CNC(=O)[C@@]2(C)Cn3c(cc4ccccc43)C(=O)N2C)cc1. The highest BCUT2D eigenvalue weighted by atomic mass is 16.2. The number of likely N-dealkylation sites (N-methyl/N-ethyl adjacent to an activating group) is 1. The van der Waals surface area contributed by atoms with E-state index in [2.05, 4.69) is 10.6 Å². The van der Waals surface area contributed by atoms with Crippen molar-refractivity contribution in [1.82, 2.24) is 20.1 Å². The van der Waals surface area contributed by atoms with Gasteiger partial charge in [-0.15, -0.1) is 0 Å². The van der Waals surface area contributed by atoms with Crippen LogP contribution in [-0.4, -0.2) is 60.4 Å². The van der Waals surface area contributed by atoms with Gasteiger partial charge in [0, 0.05) is 44.3 Å². The molecular formula is C25H29N5O3. The normalized spacial score (nSPS) is 17.6. The number of anilines is 1. The van der Waals surface area contributed by atoms with Gasteiger partial charge in [0.1, 0.15) is 11.2 Å². The number of hydrogen-bond acceptors (Lipinski definition) is 4. The number of benzene rings is 2. The van der Waals surface area contributed by atoms with Crippen LogP contribution in [0.4, 0.5) is 5.69 Å². The van der Waals surface area contributed by atoms with Gasteiger partial charge in [-0.1, -0.05) is 30.3 Å². The maximum absolute atomic E-state index is 13.1. The van der Waals surface area contributed by atoms with Crippen molar-refractivity contribution in [2.24, 2.45) is 0 Å². The minimum absolute atomic E-state index is 0.161. The van der Waals surface area contributed by atoms with Crippen molar-refractivity contribution in [2.45, 2.75) is 25.6 Å². The number of para-hydroxylation sites is 1. The number of carbonyl (C=O) groups is 3. The molecule has 1 aromatic heterocycles. The molecular weight excluding hydrogens is 418 g/mol. The molecule has 1 aliphatic heterocycles. The summed E-state index contributed by atoms with van der Waals surface area (Å²) in [5.41, 5.74) is 2.40. The van der Waals surface area contributed by atoms with E-state index in [9.17, 15) is 14.4 Å². The Morgan fingerprint density at radius 3 is 2.45 bits per heavy atom. The number of hydrogen-bond donors (Lipinski definition) is 2. The summed E-state index contributed by atoms with van der Waals surface area (Å²) in [5, 5.41) is 6.49. The fourth-order valence-electron chi connectivity index (χ4n) is 4.12. The second-order valence-corrected chi connectivity index (χ2v) is 8.83. The van der Waals surface area contributed by atoms with Crippen molar-refractivity contribution >= 4 is 34.3 Å². The zero-order valence-electron chi connectivity index (χ0n) is 19.4. The Hall–Kier alpha value is -3.81. The van der Waals surface area contributed by atoms with Crippen LogP contribution in [-0.2, 0) is 22.7 Å². The monoisotopic (exact) mass is 447 g/mol. The smallest absolute Gasteiger partial charge is 0.271 e. The van der Waals surface area contributed by atoms with Gasteiger partial charge in [0.15, 0.2) is 0 Å². The van der Waals surface area contributed by atoms with Gasteiger partial charge in [-0.2, -0.15) is 0 Å². The van der Waals surface area contributed by atoms with Crippen molar-refractivity contribution < 1.29 is 14.4 Å². The van der Waals surface area contributed by atoms with Crippen LogP contribution in [0.25, 0.3) is 10.9 Å². The molecule has 3 aromatic rings. The molecule has 1 aliphatic rings. The molecule has 0 bridgehead atoms.